The molecule has 0 aliphatic carbocycles. The number of carbonyl (C=O) groups is 1. The number of carboxylic acid groups (broad SMARTS) is 1. The first kappa shape index (κ1) is 25.6. The molecular weight excluding hydrogens is 303 g/mol. The van der Waals surface area contributed by atoms with E-state index in [9.17, 15) is 15.0 Å². The Morgan fingerprint density at radius 3 is 2.46 bits per heavy atom. The number of hydrogen-bond acceptors (Lipinski definition) is 5. The molecule has 0 aliphatic rings. The van der Waals surface area contributed by atoms with Gasteiger partial charge in [-0.15, -0.1) is 5.76 Å². The average molecular weight is 336 g/mol. The van der Waals surface area contributed by atoms with Crippen molar-refractivity contribution in [1.29, 1.82) is 0 Å². The van der Waals surface area contributed by atoms with Gasteiger partial charge < -0.3 is 20.6 Å². The van der Waals surface area contributed by atoms with Crippen LogP contribution in [0.15, 0.2) is 12.0 Å². The maximum absolute atomic E-state index is 11.5. The Hall–Kier alpha value is -0.673. The predicted octanol–water partition coefficient (Wildman–Crippen LogP) is -1.70. The second kappa shape index (κ2) is 17.2. The second-order valence-corrected chi connectivity index (χ2v) is 5.91. The van der Waals surface area contributed by atoms with E-state index in [4.69, 9.17) is 5.11 Å². The molecule has 3 N–H and O–H groups in total. The van der Waals surface area contributed by atoms with Crippen LogP contribution in [0.25, 0.3) is 0 Å². The van der Waals surface area contributed by atoms with Crippen molar-refractivity contribution in [2.24, 2.45) is 0 Å². The molecule has 1 unspecified atom stereocenters. The molecule has 0 amide bonds. The zero-order chi connectivity index (χ0) is 17.5. The first-order valence-electron chi connectivity index (χ1n) is 8.71. The van der Waals surface area contributed by atoms with Crippen LogP contribution in [-0.2, 0) is 4.79 Å². The van der Waals surface area contributed by atoms with Crippen LogP contribution in [-0.4, -0.2) is 53.4 Å². The third kappa shape index (κ3) is 16.2. The number of aliphatic hydroxyl groups is 1. The molecule has 0 aliphatic heterocycles. The summed E-state index contributed by atoms with van der Waals surface area (Å²) < 4.78 is 0. The van der Waals surface area contributed by atoms with Gasteiger partial charge in [0.15, 0.2) is 0 Å². The first-order valence-corrected chi connectivity index (χ1v) is 8.71. The maximum atomic E-state index is 11.5. The summed E-state index contributed by atoms with van der Waals surface area (Å²) >= 11 is 0. The fraction of sp³-hybridized carbons (Fsp3) is 0.824. The standard InChI is InChI=1S/C17H34N2O4.Li/c1-3-5-7-15(20)13-18-10-12-19(11-9-17(22)23)14-16(21)8-6-4-2;/h13,16,18,20-21H,3-12,14H2,1-2H3,(H,22,23);/q;+1/p-1/b15-13-;. The minimum atomic E-state index is -0.840. The number of nitrogens with one attached hydrogen (secondary N) is 1. The van der Waals surface area contributed by atoms with Crippen LogP contribution in [0.5, 0.6) is 0 Å². The number of carboxylic acids is 1. The summed E-state index contributed by atoms with van der Waals surface area (Å²) in [7, 11) is 0. The molecule has 24 heavy (non-hydrogen) atoms. The van der Waals surface area contributed by atoms with Gasteiger partial charge in [-0.2, -0.15) is 0 Å². The van der Waals surface area contributed by atoms with Gasteiger partial charge in [-0.25, -0.2) is 0 Å². The van der Waals surface area contributed by atoms with Crippen molar-refractivity contribution < 1.29 is 39.0 Å². The molecule has 7 heteroatoms. The normalized spacial score (nSPS) is 12.8. The number of aliphatic carboxylic acids is 1. The summed E-state index contributed by atoms with van der Waals surface area (Å²) in [5.74, 6) is -0.751. The van der Waals surface area contributed by atoms with E-state index in [-0.39, 0.29) is 31.0 Å². The molecule has 0 saturated heterocycles. The number of hydrogen-bond donors (Lipinski definition) is 3. The van der Waals surface area contributed by atoms with Crippen molar-refractivity contribution in [3.05, 3.63) is 12.0 Å². The minimum absolute atomic E-state index is 0. The molecule has 0 aromatic rings. The van der Waals surface area contributed by atoms with Gasteiger partial charge in [-0.05, 0) is 19.0 Å². The molecule has 0 spiro atoms. The van der Waals surface area contributed by atoms with E-state index in [1.807, 2.05) is 11.8 Å². The van der Waals surface area contributed by atoms with Crippen molar-refractivity contribution in [3.63, 3.8) is 0 Å². The zero-order valence-electron chi connectivity index (χ0n) is 15.6. The number of rotatable bonds is 15. The van der Waals surface area contributed by atoms with Crippen LogP contribution in [0.2, 0.25) is 0 Å². The van der Waals surface area contributed by atoms with Crippen LogP contribution >= 0.6 is 0 Å². The molecule has 0 aromatic heterocycles. The van der Waals surface area contributed by atoms with Crippen molar-refractivity contribution in [3.8, 4) is 0 Å². The second-order valence-electron chi connectivity index (χ2n) is 5.91. The number of allylic oxidation sites excluding steroid dienone is 1. The van der Waals surface area contributed by atoms with E-state index >= 15 is 0 Å². The summed E-state index contributed by atoms with van der Waals surface area (Å²) in [6.07, 6.45) is 6.30. The zero-order valence-corrected chi connectivity index (χ0v) is 15.6. The quantitative estimate of drug-likeness (QED) is 0.187. The van der Waals surface area contributed by atoms with Gasteiger partial charge in [0.25, 0.3) is 0 Å². The fourth-order valence-electron chi connectivity index (χ4n) is 2.21. The van der Waals surface area contributed by atoms with Crippen LogP contribution in [0, 0.1) is 0 Å². The van der Waals surface area contributed by atoms with Crippen molar-refractivity contribution in [2.75, 3.05) is 26.2 Å². The summed E-state index contributed by atoms with van der Waals surface area (Å²) in [5, 5.41) is 33.3. The van der Waals surface area contributed by atoms with E-state index in [1.54, 1.807) is 0 Å². The smallest absolute Gasteiger partial charge is 0.874 e. The largest absolute Gasteiger partial charge is 1.00 e. The summed E-state index contributed by atoms with van der Waals surface area (Å²) in [6, 6.07) is 0. The number of nitrogens with zero attached hydrogens (tertiary/aromatic N) is 1. The Labute approximate surface area is 158 Å². The van der Waals surface area contributed by atoms with Crippen LogP contribution in [0.3, 0.4) is 0 Å². The van der Waals surface area contributed by atoms with Crippen molar-refractivity contribution in [2.45, 2.75) is 64.9 Å². The third-order valence-corrected chi connectivity index (χ3v) is 3.61. The van der Waals surface area contributed by atoms with Gasteiger partial charge in [0, 0.05) is 26.2 Å². The first-order chi connectivity index (χ1) is 11.0. The molecule has 0 rings (SSSR count). The SMILES string of the molecule is CCCC/C([O-])=C/NCCN(CCC(=O)O)CC(O)CCCC.[Li+]. The number of unbranched alkanes of at least 4 members (excludes halogenated alkanes) is 2. The number of aliphatic hydroxyl groups excluding tert-OH is 1. The molecule has 0 bridgehead atoms. The fourth-order valence-corrected chi connectivity index (χ4v) is 2.21. The van der Waals surface area contributed by atoms with E-state index in [2.05, 4.69) is 12.2 Å². The van der Waals surface area contributed by atoms with Crippen molar-refractivity contribution in [1.82, 2.24) is 10.2 Å². The Bertz CT molecular complexity index is 341. The van der Waals surface area contributed by atoms with Gasteiger partial charge >= 0.3 is 24.8 Å². The predicted molar refractivity (Wildman–Crippen MR) is 89.8 cm³/mol. The van der Waals surface area contributed by atoms with Crippen LogP contribution < -0.4 is 29.3 Å². The molecular formula is C17H33LiN2O4. The molecule has 6 nitrogen and oxygen atoms in total. The van der Waals surface area contributed by atoms with Crippen LogP contribution in [0.1, 0.15) is 58.8 Å². The topological polar surface area (TPSA) is 95.9 Å². The Morgan fingerprint density at radius 1 is 1.21 bits per heavy atom. The van der Waals surface area contributed by atoms with Gasteiger partial charge in [-0.1, -0.05) is 39.5 Å². The Kier molecular flexibility index (Phi) is 18.3. The van der Waals surface area contributed by atoms with Gasteiger partial charge in [0.2, 0.25) is 0 Å². The molecule has 0 heterocycles. The van der Waals surface area contributed by atoms with Gasteiger partial charge in [-0.3, -0.25) is 9.69 Å². The third-order valence-electron chi connectivity index (χ3n) is 3.61. The summed E-state index contributed by atoms with van der Waals surface area (Å²) in [4.78, 5) is 12.7. The van der Waals surface area contributed by atoms with Crippen LogP contribution in [0.4, 0.5) is 0 Å². The monoisotopic (exact) mass is 336 g/mol. The molecule has 136 valence electrons. The van der Waals surface area contributed by atoms with Gasteiger partial charge in [0.1, 0.15) is 0 Å². The van der Waals surface area contributed by atoms with E-state index in [1.165, 1.54) is 6.20 Å². The molecule has 0 radical (unpaired) electrons. The van der Waals surface area contributed by atoms with Gasteiger partial charge in [0.05, 0.1) is 12.5 Å². The van der Waals surface area contributed by atoms with E-state index in [0.717, 1.165) is 32.1 Å². The van der Waals surface area contributed by atoms with E-state index in [0.29, 0.717) is 32.6 Å². The summed E-state index contributed by atoms with van der Waals surface area (Å²) in [5.41, 5.74) is 0. The molecule has 0 aromatic carbocycles. The maximum Gasteiger partial charge on any atom is 1.00 e. The Morgan fingerprint density at radius 2 is 1.88 bits per heavy atom. The van der Waals surface area contributed by atoms with E-state index < -0.39 is 12.1 Å². The van der Waals surface area contributed by atoms with Crippen molar-refractivity contribution >= 4 is 5.97 Å². The molecule has 0 saturated carbocycles. The average Bonchev–Trinajstić information content (AvgIpc) is 2.52. The molecule has 1 atom stereocenters. The molecule has 0 fully saturated rings. The minimum Gasteiger partial charge on any atom is -0.874 e. The summed E-state index contributed by atoms with van der Waals surface area (Å²) in [6.45, 7) is 6.17. The Balaban J connectivity index is 0.